The van der Waals surface area contributed by atoms with E-state index in [1.807, 2.05) is 0 Å². The number of rotatable bonds is 7. The maximum atomic E-state index is 5.94. The standard InChI is InChI=1S/C14H30N2/c1-4-7-12(2)14(10-15)16(3)11-13-8-5-6-9-13/h12-14H,4-11,15H2,1-3H3. The number of likely N-dealkylation sites (N-methyl/N-ethyl adjacent to an activating group) is 1. The molecule has 1 aliphatic carbocycles. The average molecular weight is 226 g/mol. The van der Waals surface area contributed by atoms with Gasteiger partial charge in [-0.1, -0.05) is 33.1 Å². The van der Waals surface area contributed by atoms with Crippen LogP contribution in [-0.2, 0) is 0 Å². The van der Waals surface area contributed by atoms with Crippen LogP contribution in [0.3, 0.4) is 0 Å². The Balaban J connectivity index is 2.37. The third-order valence-corrected chi connectivity index (χ3v) is 4.23. The molecule has 0 amide bonds. The van der Waals surface area contributed by atoms with Crippen LogP contribution in [0.4, 0.5) is 0 Å². The Kier molecular flexibility index (Phi) is 6.37. The van der Waals surface area contributed by atoms with Crippen LogP contribution < -0.4 is 5.73 Å². The molecule has 16 heavy (non-hydrogen) atoms. The molecule has 2 heteroatoms. The summed E-state index contributed by atoms with van der Waals surface area (Å²) in [6, 6.07) is 0.584. The highest BCUT2D eigenvalue weighted by molar-refractivity contribution is 4.79. The lowest BCUT2D eigenvalue weighted by atomic mass is 9.94. The molecule has 0 saturated heterocycles. The van der Waals surface area contributed by atoms with Gasteiger partial charge in [-0.05, 0) is 38.1 Å². The highest BCUT2D eigenvalue weighted by atomic mass is 15.1. The number of nitrogens with zero attached hydrogens (tertiary/aromatic N) is 1. The van der Waals surface area contributed by atoms with Gasteiger partial charge < -0.3 is 10.6 Å². The van der Waals surface area contributed by atoms with E-state index in [2.05, 4.69) is 25.8 Å². The minimum atomic E-state index is 0.584. The molecular formula is C14H30N2. The molecule has 0 bridgehead atoms. The minimum Gasteiger partial charge on any atom is -0.329 e. The van der Waals surface area contributed by atoms with Gasteiger partial charge >= 0.3 is 0 Å². The molecular weight excluding hydrogens is 196 g/mol. The molecule has 1 rings (SSSR count). The van der Waals surface area contributed by atoms with Gasteiger partial charge in [0.05, 0.1) is 0 Å². The lowest BCUT2D eigenvalue weighted by molar-refractivity contribution is 0.158. The first-order valence-corrected chi connectivity index (χ1v) is 7.09. The van der Waals surface area contributed by atoms with Gasteiger partial charge in [0.2, 0.25) is 0 Å². The topological polar surface area (TPSA) is 29.3 Å². The molecule has 1 fully saturated rings. The molecule has 2 nitrogen and oxygen atoms in total. The zero-order chi connectivity index (χ0) is 12.0. The summed E-state index contributed by atoms with van der Waals surface area (Å²) in [5.41, 5.74) is 5.94. The van der Waals surface area contributed by atoms with Crippen molar-refractivity contribution in [1.29, 1.82) is 0 Å². The lowest BCUT2D eigenvalue weighted by Crippen LogP contribution is -2.44. The fraction of sp³-hybridized carbons (Fsp3) is 1.00. The van der Waals surface area contributed by atoms with Crippen LogP contribution in [0.15, 0.2) is 0 Å². The largest absolute Gasteiger partial charge is 0.329 e. The monoisotopic (exact) mass is 226 g/mol. The molecule has 0 aliphatic heterocycles. The molecule has 0 spiro atoms. The van der Waals surface area contributed by atoms with Crippen LogP contribution in [0.1, 0.15) is 52.4 Å². The van der Waals surface area contributed by atoms with Gasteiger partial charge in [-0.25, -0.2) is 0 Å². The van der Waals surface area contributed by atoms with Crippen molar-refractivity contribution in [3.05, 3.63) is 0 Å². The van der Waals surface area contributed by atoms with Crippen molar-refractivity contribution in [2.24, 2.45) is 17.6 Å². The lowest BCUT2D eigenvalue weighted by Gasteiger charge is -2.33. The smallest absolute Gasteiger partial charge is 0.0241 e. The Labute approximate surface area is 102 Å². The molecule has 2 N–H and O–H groups in total. The first kappa shape index (κ1) is 14.0. The normalized spacial score (nSPS) is 21.6. The van der Waals surface area contributed by atoms with E-state index < -0.39 is 0 Å². The van der Waals surface area contributed by atoms with Crippen LogP contribution >= 0.6 is 0 Å². The van der Waals surface area contributed by atoms with E-state index in [0.29, 0.717) is 6.04 Å². The maximum absolute atomic E-state index is 5.94. The second-order valence-corrected chi connectivity index (χ2v) is 5.66. The van der Waals surface area contributed by atoms with Crippen molar-refractivity contribution >= 4 is 0 Å². The van der Waals surface area contributed by atoms with E-state index in [4.69, 9.17) is 5.73 Å². The van der Waals surface area contributed by atoms with Crippen molar-refractivity contribution in [2.45, 2.75) is 58.4 Å². The van der Waals surface area contributed by atoms with Gasteiger partial charge in [-0.3, -0.25) is 0 Å². The Morgan fingerprint density at radius 1 is 1.31 bits per heavy atom. The summed E-state index contributed by atoms with van der Waals surface area (Å²) in [5, 5.41) is 0. The van der Waals surface area contributed by atoms with Crippen molar-refractivity contribution in [2.75, 3.05) is 20.1 Å². The zero-order valence-corrected chi connectivity index (χ0v) is 11.4. The van der Waals surface area contributed by atoms with Gasteiger partial charge in [0.1, 0.15) is 0 Å². The number of hydrogen-bond acceptors (Lipinski definition) is 2. The summed E-state index contributed by atoms with van der Waals surface area (Å²) in [4.78, 5) is 2.52. The summed E-state index contributed by atoms with van der Waals surface area (Å²) in [7, 11) is 2.27. The predicted molar refractivity (Wildman–Crippen MR) is 71.5 cm³/mol. The van der Waals surface area contributed by atoms with Crippen molar-refractivity contribution < 1.29 is 0 Å². The second kappa shape index (κ2) is 7.29. The zero-order valence-electron chi connectivity index (χ0n) is 11.4. The van der Waals surface area contributed by atoms with E-state index >= 15 is 0 Å². The average Bonchev–Trinajstić information content (AvgIpc) is 2.71. The quantitative estimate of drug-likeness (QED) is 0.723. The number of nitrogens with two attached hydrogens (primary N) is 1. The molecule has 0 aromatic rings. The van der Waals surface area contributed by atoms with Crippen LogP contribution in [-0.4, -0.2) is 31.1 Å². The molecule has 0 aromatic carbocycles. The van der Waals surface area contributed by atoms with E-state index in [9.17, 15) is 0 Å². The van der Waals surface area contributed by atoms with Crippen molar-refractivity contribution in [1.82, 2.24) is 4.90 Å². The fourth-order valence-electron chi connectivity index (χ4n) is 3.23. The predicted octanol–water partition coefficient (Wildman–Crippen LogP) is 2.87. The first-order valence-electron chi connectivity index (χ1n) is 7.09. The Bertz CT molecular complexity index is 176. The van der Waals surface area contributed by atoms with Gasteiger partial charge in [0.25, 0.3) is 0 Å². The molecule has 96 valence electrons. The SMILES string of the molecule is CCCC(C)C(CN)N(C)CC1CCCC1. The van der Waals surface area contributed by atoms with Gasteiger partial charge in [-0.2, -0.15) is 0 Å². The molecule has 0 heterocycles. The maximum Gasteiger partial charge on any atom is 0.0241 e. The minimum absolute atomic E-state index is 0.584. The highest BCUT2D eigenvalue weighted by Gasteiger charge is 2.23. The summed E-state index contributed by atoms with van der Waals surface area (Å²) in [6.07, 6.45) is 8.33. The van der Waals surface area contributed by atoms with E-state index in [0.717, 1.165) is 18.4 Å². The van der Waals surface area contributed by atoms with E-state index in [1.165, 1.54) is 45.1 Å². The molecule has 0 radical (unpaired) electrons. The van der Waals surface area contributed by atoms with Crippen LogP contribution in [0, 0.1) is 11.8 Å². The second-order valence-electron chi connectivity index (χ2n) is 5.66. The molecule has 2 unspecified atom stereocenters. The fourth-order valence-corrected chi connectivity index (χ4v) is 3.23. The van der Waals surface area contributed by atoms with E-state index in [-0.39, 0.29) is 0 Å². The summed E-state index contributed by atoms with van der Waals surface area (Å²) in [5.74, 6) is 1.68. The molecule has 2 atom stereocenters. The Morgan fingerprint density at radius 2 is 1.94 bits per heavy atom. The summed E-state index contributed by atoms with van der Waals surface area (Å²) < 4.78 is 0. The summed E-state index contributed by atoms with van der Waals surface area (Å²) >= 11 is 0. The third-order valence-electron chi connectivity index (χ3n) is 4.23. The first-order chi connectivity index (χ1) is 7.69. The Morgan fingerprint density at radius 3 is 2.44 bits per heavy atom. The molecule has 1 saturated carbocycles. The summed E-state index contributed by atoms with van der Waals surface area (Å²) in [6.45, 7) is 6.69. The Hall–Kier alpha value is -0.0800. The van der Waals surface area contributed by atoms with Crippen LogP contribution in [0.5, 0.6) is 0 Å². The van der Waals surface area contributed by atoms with Crippen LogP contribution in [0.2, 0.25) is 0 Å². The van der Waals surface area contributed by atoms with Gasteiger partial charge in [0.15, 0.2) is 0 Å². The molecule has 0 aromatic heterocycles. The van der Waals surface area contributed by atoms with Gasteiger partial charge in [0, 0.05) is 19.1 Å². The van der Waals surface area contributed by atoms with Crippen molar-refractivity contribution in [3.8, 4) is 0 Å². The third kappa shape index (κ3) is 4.06. The van der Waals surface area contributed by atoms with Crippen LogP contribution in [0.25, 0.3) is 0 Å². The highest BCUT2D eigenvalue weighted by Crippen LogP contribution is 2.26. The van der Waals surface area contributed by atoms with E-state index in [1.54, 1.807) is 0 Å². The number of hydrogen-bond donors (Lipinski definition) is 1. The van der Waals surface area contributed by atoms with Crippen molar-refractivity contribution in [3.63, 3.8) is 0 Å². The molecule has 1 aliphatic rings. The van der Waals surface area contributed by atoms with Gasteiger partial charge in [-0.15, -0.1) is 0 Å².